The molecule has 0 bridgehead atoms. The number of carbonyl (C=O) groups excluding carboxylic acids is 1. The fraction of sp³-hybridized carbons (Fsp3) is 0.556. The lowest BCUT2D eigenvalue weighted by Gasteiger charge is -2.24. The van der Waals surface area contributed by atoms with Gasteiger partial charge in [-0.15, -0.1) is 0 Å². The zero-order valence-corrected chi connectivity index (χ0v) is 14.7. The zero-order chi connectivity index (χ0) is 17.5. The first-order valence-corrected chi connectivity index (χ1v) is 9.10. The average Bonchev–Trinajstić information content (AvgIpc) is 3.17. The fourth-order valence-corrected chi connectivity index (χ4v) is 3.22. The summed E-state index contributed by atoms with van der Waals surface area (Å²) in [4.78, 5) is 25.4. The van der Waals surface area contributed by atoms with E-state index in [9.17, 15) is 4.79 Å². The van der Waals surface area contributed by atoms with Gasteiger partial charge in [-0.05, 0) is 31.9 Å². The highest BCUT2D eigenvalue weighted by Gasteiger charge is 2.20. The molecule has 1 saturated heterocycles. The number of rotatable bonds is 7. The van der Waals surface area contributed by atoms with E-state index in [1.165, 1.54) is 12.8 Å². The highest BCUT2D eigenvalue weighted by molar-refractivity contribution is 5.77. The van der Waals surface area contributed by atoms with Crippen LogP contribution in [0.2, 0.25) is 0 Å². The summed E-state index contributed by atoms with van der Waals surface area (Å²) in [7, 11) is 0. The van der Waals surface area contributed by atoms with Gasteiger partial charge in [0.05, 0.1) is 11.7 Å². The molecule has 1 amide bonds. The van der Waals surface area contributed by atoms with Crippen molar-refractivity contribution in [1.82, 2.24) is 30.2 Å². The summed E-state index contributed by atoms with van der Waals surface area (Å²) >= 11 is 0. The van der Waals surface area contributed by atoms with Crippen LogP contribution < -0.4 is 10.6 Å². The molecule has 0 spiro atoms. The molecule has 1 aliphatic heterocycles. The minimum Gasteiger partial charge on any atom is -0.348 e. The molecule has 0 aromatic carbocycles. The molecule has 3 rings (SSSR count). The quantitative estimate of drug-likeness (QED) is 0.805. The predicted octanol–water partition coefficient (Wildman–Crippen LogP) is 2.15. The molecule has 0 saturated carbocycles. The normalized spacial score (nSPS) is 18.7. The van der Waals surface area contributed by atoms with Crippen LogP contribution in [0.1, 0.15) is 57.2 Å². The van der Waals surface area contributed by atoms with Crippen LogP contribution in [0.4, 0.5) is 0 Å². The Hall–Kier alpha value is -2.28. The predicted molar refractivity (Wildman–Crippen MR) is 95.2 cm³/mol. The topological polar surface area (TPSA) is 84.7 Å². The maximum Gasteiger partial charge on any atom is 0.235 e. The summed E-state index contributed by atoms with van der Waals surface area (Å²) in [5.41, 5.74) is 0.838. The third-order valence-corrected chi connectivity index (χ3v) is 4.51. The Morgan fingerprint density at radius 3 is 3.08 bits per heavy atom. The maximum atomic E-state index is 12.5. The monoisotopic (exact) mass is 342 g/mol. The SMILES string of the molecule is CCCC(NC(=O)CC1CCCCN1)c1ccnc(-n2ccnc2)n1. The lowest BCUT2D eigenvalue weighted by Crippen LogP contribution is -2.39. The van der Waals surface area contributed by atoms with Crippen molar-refractivity contribution in [1.29, 1.82) is 0 Å². The highest BCUT2D eigenvalue weighted by atomic mass is 16.1. The summed E-state index contributed by atoms with van der Waals surface area (Å²) in [6.07, 6.45) is 12.7. The Labute approximate surface area is 148 Å². The molecule has 2 N–H and O–H groups in total. The Kier molecular flexibility index (Phi) is 6.11. The first kappa shape index (κ1) is 17.5. The number of nitrogens with zero attached hydrogens (tertiary/aromatic N) is 4. The molecular formula is C18H26N6O. The molecular weight excluding hydrogens is 316 g/mol. The van der Waals surface area contributed by atoms with Gasteiger partial charge in [0.15, 0.2) is 0 Å². The van der Waals surface area contributed by atoms with E-state index in [-0.39, 0.29) is 11.9 Å². The number of nitrogens with one attached hydrogen (secondary N) is 2. The van der Waals surface area contributed by atoms with Crippen LogP contribution >= 0.6 is 0 Å². The summed E-state index contributed by atoms with van der Waals surface area (Å²) in [5.74, 6) is 0.653. The fourth-order valence-electron chi connectivity index (χ4n) is 3.22. The Morgan fingerprint density at radius 1 is 1.44 bits per heavy atom. The van der Waals surface area contributed by atoms with Gasteiger partial charge in [0.2, 0.25) is 11.9 Å². The number of carbonyl (C=O) groups is 1. The third kappa shape index (κ3) is 4.85. The van der Waals surface area contributed by atoms with Gasteiger partial charge < -0.3 is 10.6 Å². The smallest absolute Gasteiger partial charge is 0.235 e. The Balaban J connectivity index is 1.67. The van der Waals surface area contributed by atoms with E-state index in [2.05, 4.69) is 32.5 Å². The number of piperidine rings is 1. The zero-order valence-electron chi connectivity index (χ0n) is 14.7. The highest BCUT2D eigenvalue weighted by Crippen LogP contribution is 2.18. The van der Waals surface area contributed by atoms with Gasteiger partial charge in [0.25, 0.3) is 0 Å². The van der Waals surface area contributed by atoms with E-state index in [1.54, 1.807) is 29.5 Å². The molecule has 2 atom stereocenters. The molecule has 25 heavy (non-hydrogen) atoms. The second-order valence-corrected chi connectivity index (χ2v) is 6.51. The molecule has 7 nitrogen and oxygen atoms in total. The molecule has 1 fully saturated rings. The maximum absolute atomic E-state index is 12.5. The molecule has 7 heteroatoms. The van der Waals surface area contributed by atoms with Crippen LogP contribution in [0, 0.1) is 0 Å². The third-order valence-electron chi connectivity index (χ3n) is 4.51. The largest absolute Gasteiger partial charge is 0.348 e. The van der Waals surface area contributed by atoms with E-state index in [4.69, 9.17) is 0 Å². The minimum atomic E-state index is -0.0913. The number of imidazole rings is 1. The van der Waals surface area contributed by atoms with Crippen molar-refractivity contribution in [3.05, 3.63) is 36.7 Å². The lowest BCUT2D eigenvalue weighted by molar-refractivity contribution is -0.122. The Morgan fingerprint density at radius 2 is 2.36 bits per heavy atom. The van der Waals surface area contributed by atoms with Crippen LogP contribution in [0.25, 0.3) is 5.95 Å². The molecule has 0 aliphatic carbocycles. The van der Waals surface area contributed by atoms with E-state index in [0.29, 0.717) is 18.4 Å². The van der Waals surface area contributed by atoms with Crippen molar-refractivity contribution in [2.45, 2.75) is 57.5 Å². The van der Waals surface area contributed by atoms with Gasteiger partial charge >= 0.3 is 0 Å². The van der Waals surface area contributed by atoms with E-state index >= 15 is 0 Å². The minimum absolute atomic E-state index is 0.0839. The van der Waals surface area contributed by atoms with E-state index in [1.807, 2.05) is 6.07 Å². The van der Waals surface area contributed by atoms with Crippen molar-refractivity contribution >= 4 is 5.91 Å². The molecule has 2 aromatic rings. The standard InChI is InChI=1S/C18H26N6O/c1-2-5-15(22-17(25)12-14-6-3-4-8-20-14)16-7-9-21-18(23-16)24-11-10-19-13-24/h7,9-11,13-15,20H,2-6,8,12H2,1H3,(H,22,25). The summed E-state index contributed by atoms with van der Waals surface area (Å²) in [6.45, 7) is 3.12. The number of amides is 1. The summed E-state index contributed by atoms with van der Waals surface area (Å²) in [5, 5.41) is 6.59. The van der Waals surface area contributed by atoms with Crippen LogP contribution in [-0.4, -0.2) is 38.0 Å². The summed E-state index contributed by atoms with van der Waals surface area (Å²) in [6, 6.07) is 2.08. The van der Waals surface area contributed by atoms with Crippen LogP contribution in [0.15, 0.2) is 31.0 Å². The lowest BCUT2D eigenvalue weighted by atomic mass is 10.0. The average molecular weight is 342 g/mol. The summed E-state index contributed by atoms with van der Waals surface area (Å²) < 4.78 is 1.76. The number of aromatic nitrogens is 4. The van der Waals surface area contributed by atoms with Gasteiger partial charge in [-0.3, -0.25) is 9.36 Å². The van der Waals surface area contributed by atoms with Gasteiger partial charge in [0.1, 0.15) is 6.33 Å². The van der Waals surface area contributed by atoms with Crippen molar-refractivity contribution < 1.29 is 4.79 Å². The van der Waals surface area contributed by atoms with Crippen LogP contribution in [0.5, 0.6) is 0 Å². The molecule has 3 heterocycles. The molecule has 134 valence electrons. The van der Waals surface area contributed by atoms with Gasteiger partial charge in [-0.1, -0.05) is 19.8 Å². The molecule has 2 unspecified atom stereocenters. The van der Waals surface area contributed by atoms with Crippen LogP contribution in [-0.2, 0) is 4.79 Å². The molecule has 0 radical (unpaired) electrons. The van der Waals surface area contributed by atoms with Gasteiger partial charge in [-0.25, -0.2) is 15.0 Å². The van der Waals surface area contributed by atoms with Crippen molar-refractivity contribution in [2.24, 2.45) is 0 Å². The molecule has 2 aromatic heterocycles. The first-order valence-electron chi connectivity index (χ1n) is 9.10. The Bertz CT molecular complexity index is 666. The molecule has 1 aliphatic rings. The van der Waals surface area contributed by atoms with Gasteiger partial charge in [0, 0.05) is 31.1 Å². The second kappa shape index (κ2) is 8.71. The number of hydrogen-bond acceptors (Lipinski definition) is 5. The first-order chi connectivity index (χ1) is 12.3. The van der Waals surface area contributed by atoms with Crippen molar-refractivity contribution in [3.8, 4) is 5.95 Å². The van der Waals surface area contributed by atoms with Crippen molar-refractivity contribution in [3.63, 3.8) is 0 Å². The van der Waals surface area contributed by atoms with E-state index < -0.39 is 0 Å². The van der Waals surface area contributed by atoms with E-state index in [0.717, 1.165) is 31.5 Å². The van der Waals surface area contributed by atoms with Crippen molar-refractivity contribution in [2.75, 3.05) is 6.54 Å². The number of hydrogen-bond donors (Lipinski definition) is 2. The van der Waals surface area contributed by atoms with Gasteiger partial charge in [-0.2, -0.15) is 0 Å². The van der Waals surface area contributed by atoms with Crippen LogP contribution in [0.3, 0.4) is 0 Å². The second-order valence-electron chi connectivity index (χ2n) is 6.51.